The van der Waals surface area contributed by atoms with E-state index < -0.39 is 0 Å². The molecule has 0 aliphatic carbocycles. The highest BCUT2D eigenvalue weighted by molar-refractivity contribution is 5.80. The summed E-state index contributed by atoms with van der Waals surface area (Å²) in [6, 6.07) is 17.3. The number of benzene rings is 2. The zero-order chi connectivity index (χ0) is 12.8. The number of hydrogen-bond donors (Lipinski definition) is 1. The molecule has 1 N–H and O–H groups in total. The average molecular weight is 235 g/mol. The Hall–Kier alpha value is -2.60. The van der Waals surface area contributed by atoms with Gasteiger partial charge >= 0.3 is 0 Å². The van der Waals surface area contributed by atoms with Gasteiger partial charge in [-0.15, -0.1) is 0 Å². The van der Waals surface area contributed by atoms with Gasteiger partial charge in [-0.1, -0.05) is 29.8 Å². The summed E-state index contributed by atoms with van der Waals surface area (Å²) in [6.45, 7) is 2.05. The molecule has 0 aliphatic heterocycles. The van der Waals surface area contributed by atoms with Gasteiger partial charge in [0, 0.05) is 0 Å². The van der Waals surface area contributed by atoms with Crippen LogP contribution in [0.1, 0.15) is 16.7 Å². The molecule has 0 heterocycles. The topological polar surface area (TPSA) is 48.2 Å². The average Bonchev–Trinajstić information content (AvgIpc) is 2.42. The first-order valence-electron chi connectivity index (χ1n) is 5.64. The first-order valence-corrected chi connectivity index (χ1v) is 5.64. The maximum absolute atomic E-state index is 8.68. The fourth-order valence-electron chi connectivity index (χ4n) is 1.45. The molecule has 0 spiro atoms. The van der Waals surface area contributed by atoms with Crippen LogP contribution in [-0.2, 0) is 0 Å². The number of anilines is 1. The number of hydrogen-bond acceptors (Lipinski definition) is 3. The lowest BCUT2D eigenvalue weighted by Crippen LogP contribution is -1.90. The normalized spacial score (nSPS) is 10.2. The van der Waals surface area contributed by atoms with Gasteiger partial charge in [0.2, 0.25) is 0 Å². The van der Waals surface area contributed by atoms with Gasteiger partial charge in [0.1, 0.15) is 0 Å². The molecule has 0 atom stereocenters. The summed E-state index contributed by atoms with van der Waals surface area (Å²) < 4.78 is 0. The van der Waals surface area contributed by atoms with Gasteiger partial charge in [-0.05, 0) is 36.8 Å². The Labute approximate surface area is 106 Å². The van der Waals surface area contributed by atoms with E-state index in [1.807, 2.05) is 36.4 Å². The molecule has 0 saturated carbocycles. The number of nitriles is 1. The van der Waals surface area contributed by atoms with Crippen molar-refractivity contribution in [1.82, 2.24) is 0 Å². The Morgan fingerprint density at radius 3 is 2.33 bits per heavy atom. The Balaban J connectivity index is 1.98. The first kappa shape index (κ1) is 11.9. The van der Waals surface area contributed by atoms with Gasteiger partial charge < -0.3 is 0 Å². The molecule has 0 aliphatic rings. The maximum atomic E-state index is 8.68. The first-order chi connectivity index (χ1) is 8.78. The highest BCUT2D eigenvalue weighted by atomic mass is 15.3. The lowest BCUT2D eigenvalue weighted by atomic mass is 10.2. The molecule has 0 fully saturated rings. The van der Waals surface area contributed by atoms with E-state index in [9.17, 15) is 0 Å². The van der Waals surface area contributed by atoms with Crippen LogP contribution in [-0.4, -0.2) is 6.21 Å². The zero-order valence-corrected chi connectivity index (χ0v) is 10.1. The number of nitrogens with zero attached hydrogens (tertiary/aromatic N) is 2. The summed E-state index contributed by atoms with van der Waals surface area (Å²) >= 11 is 0. The lowest BCUT2D eigenvalue weighted by Gasteiger charge is -1.99. The molecule has 3 nitrogen and oxygen atoms in total. The van der Waals surface area contributed by atoms with E-state index >= 15 is 0 Å². The van der Waals surface area contributed by atoms with E-state index in [0.29, 0.717) is 5.56 Å². The molecular formula is C15H13N3. The van der Waals surface area contributed by atoms with E-state index in [1.54, 1.807) is 18.3 Å². The molecule has 0 amide bonds. The van der Waals surface area contributed by atoms with Gasteiger partial charge in [0.05, 0.1) is 23.5 Å². The van der Waals surface area contributed by atoms with Gasteiger partial charge in [-0.2, -0.15) is 10.4 Å². The van der Waals surface area contributed by atoms with Gasteiger partial charge in [-0.3, -0.25) is 5.43 Å². The largest absolute Gasteiger partial charge is 0.279 e. The summed E-state index contributed by atoms with van der Waals surface area (Å²) in [5.41, 5.74) is 6.69. The Morgan fingerprint density at radius 1 is 1.06 bits per heavy atom. The van der Waals surface area contributed by atoms with E-state index in [-0.39, 0.29) is 0 Å². The molecule has 88 valence electrons. The van der Waals surface area contributed by atoms with Crippen molar-refractivity contribution in [2.75, 3.05) is 5.43 Å². The highest BCUT2D eigenvalue weighted by Gasteiger charge is 1.91. The minimum absolute atomic E-state index is 0.642. The van der Waals surface area contributed by atoms with Gasteiger partial charge in [-0.25, -0.2) is 0 Å². The predicted molar refractivity (Wildman–Crippen MR) is 73.6 cm³/mol. The molecular weight excluding hydrogens is 222 g/mol. The van der Waals surface area contributed by atoms with Crippen molar-refractivity contribution in [2.24, 2.45) is 5.10 Å². The molecule has 0 radical (unpaired) electrons. The number of hydrazone groups is 1. The molecule has 3 heteroatoms. The fourth-order valence-corrected chi connectivity index (χ4v) is 1.45. The lowest BCUT2D eigenvalue weighted by molar-refractivity contribution is 1.34. The zero-order valence-electron chi connectivity index (χ0n) is 10.1. The molecule has 18 heavy (non-hydrogen) atoms. The Bertz CT molecular complexity index is 575. The van der Waals surface area contributed by atoms with E-state index in [0.717, 1.165) is 11.3 Å². The van der Waals surface area contributed by atoms with Crippen LogP contribution < -0.4 is 5.43 Å². The third-order valence-corrected chi connectivity index (χ3v) is 2.50. The number of aryl methyl sites for hydroxylation is 1. The molecule has 0 bridgehead atoms. The molecule has 2 aromatic carbocycles. The molecule has 2 aromatic rings. The van der Waals surface area contributed by atoms with Crippen LogP contribution in [0.3, 0.4) is 0 Å². The summed E-state index contributed by atoms with van der Waals surface area (Å²) in [7, 11) is 0. The summed E-state index contributed by atoms with van der Waals surface area (Å²) in [4.78, 5) is 0. The highest BCUT2D eigenvalue weighted by Crippen LogP contribution is 2.08. The van der Waals surface area contributed by atoms with Crippen molar-refractivity contribution in [3.05, 3.63) is 65.2 Å². The summed E-state index contributed by atoms with van der Waals surface area (Å²) in [6.07, 6.45) is 1.76. The smallest absolute Gasteiger partial charge is 0.0991 e. The van der Waals surface area contributed by atoms with Crippen molar-refractivity contribution < 1.29 is 0 Å². The van der Waals surface area contributed by atoms with Gasteiger partial charge in [0.15, 0.2) is 0 Å². The summed E-state index contributed by atoms with van der Waals surface area (Å²) in [5, 5.41) is 12.8. The van der Waals surface area contributed by atoms with Gasteiger partial charge in [0.25, 0.3) is 0 Å². The Morgan fingerprint density at radius 2 is 1.72 bits per heavy atom. The molecule has 0 aromatic heterocycles. The second kappa shape index (κ2) is 5.65. The Kier molecular flexibility index (Phi) is 3.72. The molecule has 2 rings (SSSR count). The van der Waals surface area contributed by atoms with Crippen LogP contribution in [0, 0.1) is 18.3 Å². The summed E-state index contributed by atoms with van der Waals surface area (Å²) in [5.74, 6) is 0. The van der Waals surface area contributed by atoms with Crippen LogP contribution in [0.15, 0.2) is 53.6 Å². The second-order valence-electron chi connectivity index (χ2n) is 3.97. The van der Waals surface area contributed by atoms with E-state index in [1.165, 1.54) is 5.56 Å². The van der Waals surface area contributed by atoms with Crippen molar-refractivity contribution in [3.8, 4) is 6.07 Å². The molecule has 0 unspecified atom stereocenters. The quantitative estimate of drug-likeness (QED) is 0.655. The van der Waals surface area contributed by atoms with Crippen molar-refractivity contribution in [1.29, 1.82) is 5.26 Å². The predicted octanol–water partition coefficient (Wildman–Crippen LogP) is 3.31. The van der Waals surface area contributed by atoms with E-state index in [4.69, 9.17) is 5.26 Å². The standard InChI is InChI=1S/C15H13N3/c1-12-2-4-14(5-3-12)11-17-18-15-8-6-13(10-16)7-9-15/h2-9,11,18H,1H3/b17-11+. The number of rotatable bonds is 3. The monoisotopic (exact) mass is 235 g/mol. The minimum Gasteiger partial charge on any atom is -0.279 e. The van der Waals surface area contributed by atoms with Crippen molar-refractivity contribution in [2.45, 2.75) is 6.92 Å². The van der Waals surface area contributed by atoms with Crippen LogP contribution in [0.5, 0.6) is 0 Å². The number of nitrogens with one attached hydrogen (secondary N) is 1. The maximum Gasteiger partial charge on any atom is 0.0991 e. The third-order valence-electron chi connectivity index (χ3n) is 2.50. The van der Waals surface area contributed by atoms with Crippen LogP contribution >= 0.6 is 0 Å². The second-order valence-corrected chi connectivity index (χ2v) is 3.97. The van der Waals surface area contributed by atoms with Crippen LogP contribution in [0.4, 0.5) is 5.69 Å². The molecule has 0 saturated heterocycles. The fraction of sp³-hybridized carbons (Fsp3) is 0.0667. The van der Waals surface area contributed by atoms with Crippen molar-refractivity contribution >= 4 is 11.9 Å². The van der Waals surface area contributed by atoms with Crippen LogP contribution in [0.25, 0.3) is 0 Å². The van der Waals surface area contributed by atoms with E-state index in [2.05, 4.69) is 23.5 Å². The SMILES string of the molecule is Cc1ccc(/C=N/Nc2ccc(C#N)cc2)cc1. The van der Waals surface area contributed by atoms with Crippen molar-refractivity contribution in [3.63, 3.8) is 0 Å². The third kappa shape index (κ3) is 3.19. The van der Waals surface area contributed by atoms with Crippen LogP contribution in [0.2, 0.25) is 0 Å². The minimum atomic E-state index is 0.642.